The standard InChI is InChI=1S/C25H16F3N3O2/c1-2-16-5-7-17(8-6-16)20-11-9-19(14-21(20)33-15-25(26,27)28)24(32)31-22-12-10-18-4-3-13-29-23(18)30-22/h1,3-14H,15H2,(H,29,30,31,32). The Balaban J connectivity index is 1.64. The number of halogens is 3. The SMILES string of the molecule is C#Cc1ccc(-c2ccc(C(=O)Nc3ccc4cccnc4n3)cc2OCC(F)(F)F)cc1. The second kappa shape index (κ2) is 9.01. The Morgan fingerprint density at radius 1 is 1.06 bits per heavy atom. The fourth-order valence-electron chi connectivity index (χ4n) is 3.14. The average molecular weight is 447 g/mol. The average Bonchev–Trinajstić information content (AvgIpc) is 2.82. The van der Waals surface area contributed by atoms with Gasteiger partial charge in [0.2, 0.25) is 0 Å². The molecule has 5 nitrogen and oxygen atoms in total. The van der Waals surface area contributed by atoms with Crippen LogP contribution in [-0.4, -0.2) is 28.7 Å². The monoisotopic (exact) mass is 447 g/mol. The van der Waals surface area contributed by atoms with Crippen molar-refractivity contribution in [1.29, 1.82) is 0 Å². The van der Waals surface area contributed by atoms with Crippen LogP contribution in [0.2, 0.25) is 0 Å². The molecule has 0 fully saturated rings. The molecule has 2 heterocycles. The molecule has 2 aromatic carbocycles. The zero-order valence-electron chi connectivity index (χ0n) is 17.1. The van der Waals surface area contributed by atoms with Crippen LogP contribution in [0.1, 0.15) is 15.9 Å². The summed E-state index contributed by atoms with van der Waals surface area (Å²) < 4.78 is 43.5. The maximum absolute atomic E-state index is 12.8. The van der Waals surface area contributed by atoms with Crippen molar-refractivity contribution in [2.24, 2.45) is 0 Å². The van der Waals surface area contributed by atoms with Gasteiger partial charge >= 0.3 is 6.18 Å². The zero-order valence-corrected chi connectivity index (χ0v) is 17.1. The molecular formula is C25H16F3N3O2. The molecule has 1 amide bonds. The van der Waals surface area contributed by atoms with E-state index in [1.54, 1.807) is 48.7 Å². The van der Waals surface area contributed by atoms with Gasteiger partial charge in [-0.2, -0.15) is 13.2 Å². The van der Waals surface area contributed by atoms with Crippen molar-refractivity contribution in [3.05, 3.63) is 84.1 Å². The van der Waals surface area contributed by atoms with Gasteiger partial charge in [0.15, 0.2) is 12.3 Å². The van der Waals surface area contributed by atoms with E-state index in [-0.39, 0.29) is 17.1 Å². The van der Waals surface area contributed by atoms with Crippen LogP contribution in [0.5, 0.6) is 5.75 Å². The van der Waals surface area contributed by atoms with Gasteiger partial charge in [0.1, 0.15) is 11.6 Å². The second-order valence-corrected chi connectivity index (χ2v) is 7.04. The number of nitrogens with one attached hydrogen (secondary N) is 1. The lowest BCUT2D eigenvalue weighted by molar-refractivity contribution is -0.153. The summed E-state index contributed by atoms with van der Waals surface area (Å²) in [6.07, 6.45) is 2.40. The summed E-state index contributed by atoms with van der Waals surface area (Å²) in [6.45, 7) is -1.49. The lowest BCUT2D eigenvalue weighted by atomic mass is 10.0. The molecule has 8 heteroatoms. The summed E-state index contributed by atoms with van der Waals surface area (Å²) in [7, 11) is 0. The second-order valence-electron chi connectivity index (χ2n) is 7.04. The summed E-state index contributed by atoms with van der Waals surface area (Å²) in [4.78, 5) is 21.2. The fourth-order valence-corrected chi connectivity index (χ4v) is 3.14. The van der Waals surface area contributed by atoms with Crippen molar-refractivity contribution in [2.75, 3.05) is 11.9 Å². The Morgan fingerprint density at radius 3 is 2.58 bits per heavy atom. The van der Waals surface area contributed by atoms with E-state index in [1.807, 2.05) is 6.07 Å². The van der Waals surface area contributed by atoms with Crippen LogP contribution >= 0.6 is 0 Å². The Kier molecular flexibility index (Phi) is 5.96. The minimum Gasteiger partial charge on any atom is -0.483 e. The van der Waals surface area contributed by atoms with Gasteiger partial charge in [-0.1, -0.05) is 18.1 Å². The normalized spacial score (nSPS) is 11.1. The molecule has 0 aliphatic rings. The summed E-state index contributed by atoms with van der Waals surface area (Å²) in [5.74, 6) is 2.11. The Labute approximate surface area is 187 Å². The highest BCUT2D eigenvalue weighted by molar-refractivity contribution is 6.04. The van der Waals surface area contributed by atoms with E-state index < -0.39 is 18.7 Å². The first-order chi connectivity index (χ1) is 15.8. The minimum absolute atomic E-state index is 0.0819. The predicted molar refractivity (Wildman–Crippen MR) is 119 cm³/mol. The van der Waals surface area contributed by atoms with Gasteiger partial charge in [0.25, 0.3) is 5.91 Å². The van der Waals surface area contributed by atoms with Crippen LogP contribution in [0.4, 0.5) is 19.0 Å². The first-order valence-corrected chi connectivity index (χ1v) is 9.76. The summed E-state index contributed by atoms with van der Waals surface area (Å²) >= 11 is 0. The first kappa shape index (κ1) is 21.8. The zero-order chi connectivity index (χ0) is 23.4. The van der Waals surface area contributed by atoms with Gasteiger partial charge in [-0.3, -0.25) is 4.79 Å². The van der Waals surface area contributed by atoms with Gasteiger partial charge in [-0.05, 0) is 60.2 Å². The molecule has 164 valence electrons. The smallest absolute Gasteiger partial charge is 0.422 e. The van der Waals surface area contributed by atoms with Crippen molar-refractivity contribution < 1.29 is 22.7 Å². The van der Waals surface area contributed by atoms with Gasteiger partial charge in [0, 0.05) is 28.3 Å². The maximum Gasteiger partial charge on any atom is 0.422 e. The van der Waals surface area contributed by atoms with Crippen molar-refractivity contribution in [2.45, 2.75) is 6.18 Å². The number of carbonyl (C=O) groups is 1. The number of rotatable bonds is 5. The number of fused-ring (bicyclic) bond motifs is 1. The quantitative estimate of drug-likeness (QED) is 0.412. The number of carbonyl (C=O) groups excluding carboxylic acids is 1. The highest BCUT2D eigenvalue weighted by Gasteiger charge is 2.29. The number of aromatic nitrogens is 2. The number of hydrogen-bond acceptors (Lipinski definition) is 4. The topological polar surface area (TPSA) is 64.1 Å². The molecule has 2 aromatic heterocycles. The lowest BCUT2D eigenvalue weighted by Crippen LogP contribution is -2.20. The number of terminal acetylenes is 1. The Morgan fingerprint density at radius 2 is 1.85 bits per heavy atom. The molecular weight excluding hydrogens is 431 g/mol. The van der Waals surface area contributed by atoms with Crippen LogP contribution < -0.4 is 10.1 Å². The van der Waals surface area contributed by atoms with E-state index in [0.29, 0.717) is 22.3 Å². The van der Waals surface area contributed by atoms with Gasteiger partial charge in [0.05, 0.1) is 0 Å². The lowest BCUT2D eigenvalue weighted by Gasteiger charge is -2.15. The molecule has 4 aromatic rings. The van der Waals surface area contributed by atoms with E-state index >= 15 is 0 Å². The van der Waals surface area contributed by atoms with Crippen LogP contribution in [0.15, 0.2) is 72.9 Å². The Bertz CT molecular complexity index is 1360. The third-order valence-corrected chi connectivity index (χ3v) is 4.70. The number of benzene rings is 2. The number of anilines is 1. The minimum atomic E-state index is -4.54. The molecule has 0 aliphatic carbocycles. The van der Waals surface area contributed by atoms with Crippen molar-refractivity contribution in [1.82, 2.24) is 9.97 Å². The number of hydrogen-bond donors (Lipinski definition) is 1. The van der Waals surface area contributed by atoms with Crippen molar-refractivity contribution >= 4 is 22.8 Å². The van der Waals surface area contributed by atoms with Crippen LogP contribution in [0.3, 0.4) is 0 Å². The van der Waals surface area contributed by atoms with Gasteiger partial charge in [-0.25, -0.2) is 9.97 Å². The van der Waals surface area contributed by atoms with E-state index in [9.17, 15) is 18.0 Å². The van der Waals surface area contributed by atoms with Crippen molar-refractivity contribution in [3.63, 3.8) is 0 Å². The van der Waals surface area contributed by atoms with Crippen LogP contribution in [-0.2, 0) is 0 Å². The molecule has 33 heavy (non-hydrogen) atoms. The third-order valence-electron chi connectivity index (χ3n) is 4.70. The molecule has 0 atom stereocenters. The highest BCUT2D eigenvalue weighted by Crippen LogP contribution is 2.33. The van der Waals surface area contributed by atoms with E-state index in [4.69, 9.17) is 11.2 Å². The summed E-state index contributed by atoms with van der Waals surface area (Å²) in [5, 5.41) is 3.44. The number of ether oxygens (including phenoxy) is 1. The Hall–Kier alpha value is -4.38. The van der Waals surface area contributed by atoms with Crippen LogP contribution in [0.25, 0.3) is 22.2 Å². The number of amides is 1. The van der Waals surface area contributed by atoms with Crippen LogP contribution in [0, 0.1) is 12.3 Å². The predicted octanol–water partition coefficient (Wildman–Crippen LogP) is 5.47. The van der Waals surface area contributed by atoms with E-state index in [0.717, 1.165) is 5.39 Å². The maximum atomic E-state index is 12.8. The molecule has 0 saturated carbocycles. The number of pyridine rings is 2. The van der Waals surface area contributed by atoms with E-state index in [1.165, 1.54) is 18.2 Å². The van der Waals surface area contributed by atoms with Crippen molar-refractivity contribution in [3.8, 4) is 29.2 Å². The number of nitrogens with zero attached hydrogens (tertiary/aromatic N) is 2. The highest BCUT2D eigenvalue weighted by atomic mass is 19.4. The van der Waals surface area contributed by atoms with Gasteiger partial charge in [-0.15, -0.1) is 6.42 Å². The molecule has 0 radical (unpaired) electrons. The molecule has 1 N–H and O–H groups in total. The molecule has 0 bridgehead atoms. The summed E-state index contributed by atoms with van der Waals surface area (Å²) in [6, 6.07) is 18.0. The number of alkyl halides is 3. The summed E-state index contributed by atoms with van der Waals surface area (Å²) in [5.41, 5.74) is 2.19. The molecule has 4 rings (SSSR count). The van der Waals surface area contributed by atoms with E-state index in [2.05, 4.69) is 21.2 Å². The largest absolute Gasteiger partial charge is 0.483 e. The molecule has 0 unspecified atom stereocenters. The first-order valence-electron chi connectivity index (χ1n) is 9.76. The molecule has 0 spiro atoms. The fraction of sp³-hybridized carbons (Fsp3) is 0.0800. The van der Waals surface area contributed by atoms with Gasteiger partial charge < -0.3 is 10.1 Å². The third kappa shape index (κ3) is 5.28. The molecule has 0 aliphatic heterocycles. The molecule has 0 saturated heterocycles.